The van der Waals surface area contributed by atoms with Gasteiger partial charge in [0.25, 0.3) is 0 Å². The van der Waals surface area contributed by atoms with Crippen LogP contribution in [0.4, 0.5) is 18.3 Å². The van der Waals surface area contributed by atoms with Crippen molar-refractivity contribution in [2.45, 2.75) is 12.8 Å². The average Bonchev–Trinajstić information content (AvgIpc) is 3.37. The number of thiazole rings is 1. The van der Waals surface area contributed by atoms with Crippen LogP contribution in [0.15, 0.2) is 35.7 Å². The number of morpholine rings is 1. The maximum absolute atomic E-state index is 13.1. The summed E-state index contributed by atoms with van der Waals surface area (Å²) in [5.74, 6) is -0.401. The number of nitrogens with zero attached hydrogens (tertiary/aromatic N) is 3. The van der Waals surface area contributed by atoms with Gasteiger partial charge >= 0.3 is 6.36 Å². The molecular formula is C20H21ClF3N3O3S2. The summed E-state index contributed by atoms with van der Waals surface area (Å²) in [6, 6.07) is 7.80. The minimum absolute atomic E-state index is 0. The third-order valence-corrected chi connectivity index (χ3v) is 6.68. The molecule has 0 aliphatic carbocycles. The van der Waals surface area contributed by atoms with Gasteiger partial charge in [-0.1, -0.05) is 17.4 Å². The normalized spacial score (nSPS) is 14.8. The summed E-state index contributed by atoms with van der Waals surface area (Å²) in [5, 5.41) is 2.38. The molecule has 0 unspecified atom stereocenters. The molecule has 2 aromatic heterocycles. The Balaban J connectivity index is 0.00000289. The lowest BCUT2D eigenvalue weighted by atomic mass is 10.3. The number of hydrogen-bond acceptors (Lipinski definition) is 7. The van der Waals surface area contributed by atoms with E-state index in [0.29, 0.717) is 41.7 Å². The maximum Gasteiger partial charge on any atom is 0.573 e. The number of carbonyl (C=O) groups excluding carboxylic acids is 1. The number of rotatable bonds is 7. The van der Waals surface area contributed by atoms with Gasteiger partial charge in [0, 0.05) is 37.1 Å². The summed E-state index contributed by atoms with van der Waals surface area (Å²) < 4.78 is 47.5. The van der Waals surface area contributed by atoms with E-state index in [-0.39, 0.29) is 30.5 Å². The molecule has 4 rings (SSSR count). The van der Waals surface area contributed by atoms with Crippen LogP contribution in [0.3, 0.4) is 0 Å². The zero-order chi connectivity index (χ0) is 21.8. The Bertz CT molecular complexity index is 1020. The summed E-state index contributed by atoms with van der Waals surface area (Å²) >= 11 is 2.69. The molecule has 1 aliphatic rings. The second-order valence-corrected chi connectivity index (χ2v) is 8.97. The van der Waals surface area contributed by atoms with E-state index in [9.17, 15) is 18.0 Å². The Kier molecular flexibility index (Phi) is 8.34. The highest BCUT2D eigenvalue weighted by Gasteiger charge is 2.31. The molecule has 3 aromatic rings. The van der Waals surface area contributed by atoms with Gasteiger partial charge in [-0.25, -0.2) is 4.98 Å². The summed E-state index contributed by atoms with van der Waals surface area (Å²) in [4.78, 5) is 22.4. The van der Waals surface area contributed by atoms with Crippen molar-refractivity contribution in [3.63, 3.8) is 0 Å². The number of fused-ring (bicyclic) bond motifs is 1. The van der Waals surface area contributed by atoms with Crippen molar-refractivity contribution in [3.05, 3.63) is 40.6 Å². The minimum Gasteiger partial charge on any atom is -0.406 e. The molecular weight excluding hydrogens is 487 g/mol. The number of hydrogen-bond donors (Lipinski definition) is 0. The van der Waals surface area contributed by atoms with Crippen LogP contribution in [0, 0.1) is 0 Å². The van der Waals surface area contributed by atoms with Crippen LogP contribution in [-0.2, 0) is 16.0 Å². The topological polar surface area (TPSA) is 54.9 Å². The van der Waals surface area contributed by atoms with E-state index >= 15 is 0 Å². The number of ether oxygens (including phenoxy) is 2. The first-order valence-corrected chi connectivity index (χ1v) is 11.4. The van der Waals surface area contributed by atoms with Crippen LogP contribution >= 0.6 is 35.1 Å². The molecule has 0 spiro atoms. The first-order valence-electron chi connectivity index (χ1n) is 9.66. The maximum atomic E-state index is 13.1. The van der Waals surface area contributed by atoms with Crippen molar-refractivity contribution < 1.29 is 27.4 Å². The van der Waals surface area contributed by atoms with Gasteiger partial charge in [0.05, 0.1) is 29.9 Å². The fourth-order valence-electron chi connectivity index (χ4n) is 3.26. The van der Waals surface area contributed by atoms with E-state index in [1.54, 1.807) is 4.90 Å². The van der Waals surface area contributed by atoms with E-state index < -0.39 is 6.36 Å². The van der Waals surface area contributed by atoms with Gasteiger partial charge in [-0.3, -0.25) is 14.6 Å². The van der Waals surface area contributed by atoms with Gasteiger partial charge in [0.1, 0.15) is 5.75 Å². The fourth-order valence-corrected chi connectivity index (χ4v) is 4.99. The fraction of sp³-hybridized carbons (Fsp3) is 0.400. The molecule has 0 saturated carbocycles. The zero-order valence-electron chi connectivity index (χ0n) is 16.8. The number of aromatic nitrogens is 1. The standard InChI is InChI=1S/C20H20F3N3O3S2.ClH/c21-20(22,23)29-14-3-4-16-17(12-14)31-19(24-16)26(6-5-25-7-9-28-10-8-25)18(27)13-15-2-1-11-30-15;/h1-4,11-12H,5-10,13H2;1H. The van der Waals surface area contributed by atoms with Crippen molar-refractivity contribution in [2.75, 3.05) is 44.3 Å². The Morgan fingerprint density at radius 1 is 1.25 bits per heavy atom. The van der Waals surface area contributed by atoms with E-state index in [1.807, 2.05) is 17.5 Å². The molecule has 0 radical (unpaired) electrons. The summed E-state index contributed by atoms with van der Waals surface area (Å²) in [6.07, 6.45) is -4.51. The number of amides is 1. The second-order valence-electron chi connectivity index (χ2n) is 6.93. The quantitative estimate of drug-likeness (QED) is 0.468. The highest BCUT2D eigenvalue weighted by molar-refractivity contribution is 7.22. The third-order valence-electron chi connectivity index (χ3n) is 4.76. The molecule has 6 nitrogen and oxygen atoms in total. The average molecular weight is 508 g/mol. The van der Waals surface area contributed by atoms with Gasteiger partial charge in [0.15, 0.2) is 5.13 Å². The molecule has 0 bridgehead atoms. The molecule has 1 amide bonds. The van der Waals surface area contributed by atoms with E-state index in [1.165, 1.54) is 40.9 Å². The summed E-state index contributed by atoms with van der Waals surface area (Å²) in [7, 11) is 0. The minimum atomic E-state index is -4.76. The van der Waals surface area contributed by atoms with Crippen molar-refractivity contribution >= 4 is 56.3 Å². The lowest BCUT2D eigenvalue weighted by Crippen LogP contribution is -2.43. The van der Waals surface area contributed by atoms with Gasteiger partial charge in [-0.2, -0.15) is 0 Å². The zero-order valence-corrected chi connectivity index (χ0v) is 19.3. The Labute approximate surface area is 197 Å². The first kappa shape index (κ1) is 24.7. The van der Waals surface area contributed by atoms with Crippen molar-refractivity contribution in [2.24, 2.45) is 0 Å². The number of anilines is 1. The van der Waals surface area contributed by atoms with Crippen LogP contribution in [0.1, 0.15) is 4.88 Å². The number of benzene rings is 1. The molecule has 1 aliphatic heterocycles. The number of halogens is 4. The highest BCUT2D eigenvalue weighted by Crippen LogP contribution is 2.33. The summed E-state index contributed by atoms with van der Waals surface area (Å²) in [5.41, 5.74) is 0.523. The molecule has 12 heteroatoms. The van der Waals surface area contributed by atoms with Crippen molar-refractivity contribution in [1.29, 1.82) is 0 Å². The highest BCUT2D eigenvalue weighted by atomic mass is 35.5. The molecule has 174 valence electrons. The van der Waals surface area contributed by atoms with Gasteiger partial charge in [0.2, 0.25) is 5.91 Å². The SMILES string of the molecule is Cl.O=C(Cc1cccs1)N(CCN1CCOCC1)c1nc2ccc(OC(F)(F)F)cc2s1. The largest absolute Gasteiger partial charge is 0.573 e. The predicted molar refractivity (Wildman–Crippen MR) is 121 cm³/mol. The number of carbonyl (C=O) groups is 1. The van der Waals surface area contributed by atoms with Gasteiger partial charge in [-0.15, -0.1) is 36.9 Å². The first-order chi connectivity index (χ1) is 14.9. The van der Waals surface area contributed by atoms with Gasteiger partial charge < -0.3 is 9.47 Å². The predicted octanol–water partition coefficient (Wildman–Crippen LogP) is 4.59. The smallest absolute Gasteiger partial charge is 0.406 e. The Morgan fingerprint density at radius 2 is 2.03 bits per heavy atom. The van der Waals surface area contributed by atoms with Crippen LogP contribution in [-0.4, -0.2) is 61.5 Å². The molecule has 0 atom stereocenters. The van der Waals surface area contributed by atoms with Crippen LogP contribution in [0.2, 0.25) is 0 Å². The summed E-state index contributed by atoms with van der Waals surface area (Å²) in [6.45, 7) is 4.02. The lowest BCUT2D eigenvalue weighted by molar-refractivity contribution is -0.274. The monoisotopic (exact) mass is 507 g/mol. The van der Waals surface area contributed by atoms with Crippen molar-refractivity contribution in [3.8, 4) is 5.75 Å². The molecule has 1 saturated heterocycles. The number of alkyl halides is 3. The Morgan fingerprint density at radius 3 is 2.72 bits per heavy atom. The van der Waals surface area contributed by atoms with Gasteiger partial charge in [-0.05, 0) is 23.6 Å². The Hall–Kier alpha value is -1.92. The molecule has 0 N–H and O–H groups in total. The van der Waals surface area contributed by atoms with Crippen LogP contribution < -0.4 is 9.64 Å². The lowest BCUT2D eigenvalue weighted by Gasteiger charge is -2.29. The van der Waals surface area contributed by atoms with Crippen LogP contribution in [0.25, 0.3) is 10.2 Å². The molecule has 32 heavy (non-hydrogen) atoms. The number of thiophene rings is 1. The van der Waals surface area contributed by atoms with E-state index in [0.717, 1.165) is 18.0 Å². The molecule has 3 heterocycles. The van der Waals surface area contributed by atoms with E-state index in [2.05, 4.69) is 14.6 Å². The van der Waals surface area contributed by atoms with E-state index in [4.69, 9.17) is 4.74 Å². The second kappa shape index (κ2) is 10.8. The third kappa shape index (κ3) is 6.55. The molecule has 1 aromatic carbocycles. The molecule has 1 fully saturated rings. The van der Waals surface area contributed by atoms with Crippen molar-refractivity contribution in [1.82, 2.24) is 9.88 Å². The van der Waals surface area contributed by atoms with Crippen LogP contribution in [0.5, 0.6) is 5.75 Å².